The van der Waals surface area contributed by atoms with Crippen LogP contribution in [0.15, 0.2) is 18.2 Å². The van der Waals surface area contributed by atoms with E-state index in [1.54, 1.807) is 0 Å². The molecule has 0 unspecified atom stereocenters. The first-order valence-electron chi connectivity index (χ1n) is 5.25. The molecule has 2 aliphatic rings. The third kappa shape index (κ3) is 1.59. The van der Waals surface area contributed by atoms with Crippen molar-refractivity contribution in [1.29, 1.82) is 0 Å². The molecule has 0 saturated carbocycles. The number of amides is 1. The fourth-order valence-corrected chi connectivity index (χ4v) is 1.91. The second kappa shape index (κ2) is 3.68. The normalized spacial score (nSPS) is 23.0. The number of rotatable bonds is 1. The van der Waals surface area contributed by atoms with Crippen LogP contribution in [0.5, 0.6) is 11.5 Å². The zero-order valence-electron chi connectivity index (χ0n) is 8.66. The molecule has 0 aliphatic carbocycles. The molecule has 2 heterocycles. The van der Waals surface area contributed by atoms with Crippen molar-refractivity contribution < 1.29 is 14.3 Å². The molecular weight excluding hydrogens is 208 g/mol. The molecule has 1 atom stereocenters. The van der Waals surface area contributed by atoms with Crippen LogP contribution in [0.4, 0.5) is 0 Å². The van der Waals surface area contributed by atoms with Crippen molar-refractivity contribution in [2.75, 3.05) is 13.3 Å². The van der Waals surface area contributed by atoms with Gasteiger partial charge >= 0.3 is 0 Å². The van der Waals surface area contributed by atoms with Crippen molar-refractivity contribution in [2.45, 2.75) is 12.6 Å². The third-order valence-corrected chi connectivity index (χ3v) is 2.74. The van der Waals surface area contributed by atoms with E-state index < -0.39 is 0 Å². The Morgan fingerprint density at radius 3 is 3.00 bits per heavy atom. The molecule has 2 aliphatic heterocycles. The van der Waals surface area contributed by atoms with Gasteiger partial charge in [-0.1, -0.05) is 6.07 Å². The van der Waals surface area contributed by atoms with E-state index in [4.69, 9.17) is 9.47 Å². The lowest BCUT2D eigenvalue weighted by atomic mass is 10.1. The van der Waals surface area contributed by atoms with Gasteiger partial charge in [-0.2, -0.15) is 0 Å². The van der Waals surface area contributed by atoms with E-state index in [1.165, 1.54) is 0 Å². The van der Waals surface area contributed by atoms with E-state index in [9.17, 15) is 4.79 Å². The van der Waals surface area contributed by atoms with E-state index in [0.29, 0.717) is 13.0 Å². The Bertz CT molecular complexity index is 433. The van der Waals surface area contributed by atoms with Crippen LogP contribution in [0.3, 0.4) is 0 Å². The summed E-state index contributed by atoms with van der Waals surface area (Å²) in [5.41, 5.74) is 0.984. The van der Waals surface area contributed by atoms with Crippen LogP contribution in [0.1, 0.15) is 18.2 Å². The molecule has 2 N–H and O–H groups in total. The maximum atomic E-state index is 11.3. The third-order valence-electron chi connectivity index (χ3n) is 2.74. The molecule has 1 aromatic carbocycles. The lowest BCUT2D eigenvalue weighted by Crippen LogP contribution is -2.44. The molecule has 1 aromatic rings. The molecule has 1 amide bonds. The van der Waals surface area contributed by atoms with Gasteiger partial charge in [0.15, 0.2) is 11.5 Å². The standard InChI is InChI=1S/C11H12N2O3/c14-10-3-4-12-11(13-10)7-1-2-8-9(5-7)16-6-15-8/h1-2,5,11-12H,3-4,6H2,(H,13,14)/t11-/m0/s1. The summed E-state index contributed by atoms with van der Waals surface area (Å²) in [7, 11) is 0. The molecule has 16 heavy (non-hydrogen) atoms. The maximum Gasteiger partial charge on any atom is 0.231 e. The van der Waals surface area contributed by atoms with Gasteiger partial charge in [-0.15, -0.1) is 0 Å². The average Bonchev–Trinajstić information content (AvgIpc) is 2.75. The first kappa shape index (κ1) is 9.47. The van der Waals surface area contributed by atoms with Crippen LogP contribution in [0, 0.1) is 0 Å². The van der Waals surface area contributed by atoms with Gasteiger partial charge in [-0.3, -0.25) is 10.1 Å². The second-order valence-electron chi connectivity index (χ2n) is 3.82. The minimum atomic E-state index is -0.129. The molecule has 3 rings (SSSR count). The highest BCUT2D eigenvalue weighted by atomic mass is 16.7. The molecule has 5 nitrogen and oxygen atoms in total. The number of carbonyl (C=O) groups excluding carboxylic acids is 1. The summed E-state index contributed by atoms with van der Waals surface area (Å²) in [5, 5.41) is 6.11. The monoisotopic (exact) mass is 220 g/mol. The number of ether oxygens (including phenoxy) is 2. The van der Waals surface area contributed by atoms with E-state index in [-0.39, 0.29) is 18.9 Å². The van der Waals surface area contributed by atoms with E-state index in [0.717, 1.165) is 17.1 Å². The fraction of sp³-hybridized carbons (Fsp3) is 0.364. The van der Waals surface area contributed by atoms with Gasteiger partial charge in [-0.25, -0.2) is 0 Å². The summed E-state index contributed by atoms with van der Waals surface area (Å²) < 4.78 is 10.5. The Labute approximate surface area is 92.7 Å². The van der Waals surface area contributed by atoms with E-state index in [1.807, 2.05) is 18.2 Å². The minimum absolute atomic E-state index is 0.0708. The first-order chi connectivity index (χ1) is 7.83. The van der Waals surface area contributed by atoms with Crippen molar-refractivity contribution >= 4 is 5.91 Å². The van der Waals surface area contributed by atoms with Crippen molar-refractivity contribution in [1.82, 2.24) is 10.6 Å². The lowest BCUT2D eigenvalue weighted by molar-refractivity contribution is -0.123. The van der Waals surface area contributed by atoms with Gasteiger partial charge in [0, 0.05) is 13.0 Å². The Morgan fingerprint density at radius 2 is 2.12 bits per heavy atom. The minimum Gasteiger partial charge on any atom is -0.454 e. The highest BCUT2D eigenvalue weighted by Crippen LogP contribution is 2.33. The second-order valence-corrected chi connectivity index (χ2v) is 3.82. The molecule has 0 bridgehead atoms. The molecule has 84 valence electrons. The van der Waals surface area contributed by atoms with Crippen LogP contribution < -0.4 is 20.1 Å². The highest BCUT2D eigenvalue weighted by Gasteiger charge is 2.21. The average molecular weight is 220 g/mol. The van der Waals surface area contributed by atoms with Crippen LogP contribution in [0.2, 0.25) is 0 Å². The Hall–Kier alpha value is -1.75. The fourth-order valence-electron chi connectivity index (χ4n) is 1.91. The highest BCUT2D eigenvalue weighted by molar-refractivity contribution is 5.77. The molecule has 0 radical (unpaired) electrons. The number of hydrogen-bond donors (Lipinski definition) is 2. The molecule has 1 saturated heterocycles. The zero-order valence-corrected chi connectivity index (χ0v) is 8.66. The van der Waals surface area contributed by atoms with Gasteiger partial charge < -0.3 is 14.8 Å². The lowest BCUT2D eigenvalue weighted by Gasteiger charge is -2.25. The van der Waals surface area contributed by atoms with Crippen molar-refractivity contribution in [2.24, 2.45) is 0 Å². The van der Waals surface area contributed by atoms with Gasteiger partial charge in [0.05, 0.1) is 0 Å². The van der Waals surface area contributed by atoms with Crippen molar-refractivity contribution in [3.8, 4) is 11.5 Å². The van der Waals surface area contributed by atoms with Crippen molar-refractivity contribution in [3.05, 3.63) is 23.8 Å². The Kier molecular flexibility index (Phi) is 2.18. The first-order valence-corrected chi connectivity index (χ1v) is 5.25. The van der Waals surface area contributed by atoms with Crippen LogP contribution >= 0.6 is 0 Å². The van der Waals surface area contributed by atoms with Crippen LogP contribution in [-0.4, -0.2) is 19.2 Å². The number of nitrogens with one attached hydrogen (secondary N) is 2. The summed E-state index contributed by atoms with van der Waals surface area (Å²) in [6.07, 6.45) is 0.400. The summed E-state index contributed by atoms with van der Waals surface area (Å²) in [6.45, 7) is 0.966. The smallest absolute Gasteiger partial charge is 0.231 e. The van der Waals surface area contributed by atoms with Crippen molar-refractivity contribution in [3.63, 3.8) is 0 Å². The number of fused-ring (bicyclic) bond motifs is 1. The van der Waals surface area contributed by atoms with E-state index in [2.05, 4.69) is 10.6 Å². The number of hydrogen-bond acceptors (Lipinski definition) is 4. The SMILES string of the molecule is O=C1CCN[C@H](c2ccc3c(c2)OCO3)N1. The van der Waals surface area contributed by atoms with Gasteiger partial charge in [-0.05, 0) is 17.7 Å². The van der Waals surface area contributed by atoms with Gasteiger partial charge in [0.1, 0.15) is 6.17 Å². The van der Waals surface area contributed by atoms with Gasteiger partial charge in [0.2, 0.25) is 12.7 Å². The largest absolute Gasteiger partial charge is 0.454 e. The summed E-state index contributed by atoms with van der Waals surface area (Å²) in [4.78, 5) is 11.3. The Morgan fingerprint density at radius 1 is 1.25 bits per heavy atom. The molecular formula is C11H12N2O3. The predicted molar refractivity (Wildman–Crippen MR) is 56.1 cm³/mol. The predicted octanol–water partition coefficient (Wildman–Crippen LogP) is 0.523. The quantitative estimate of drug-likeness (QED) is 0.724. The Balaban J connectivity index is 1.86. The molecule has 0 spiro atoms. The molecule has 0 aromatic heterocycles. The maximum absolute atomic E-state index is 11.3. The van der Waals surface area contributed by atoms with Crippen LogP contribution in [-0.2, 0) is 4.79 Å². The number of carbonyl (C=O) groups is 1. The zero-order chi connectivity index (χ0) is 11.0. The summed E-state index contributed by atoms with van der Waals surface area (Å²) in [5.74, 6) is 1.56. The summed E-state index contributed by atoms with van der Waals surface area (Å²) in [6, 6.07) is 5.68. The summed E-state index contributed by atoms with van der Waals surface area (Å²) >= 11 is 0. The van der Waals surface area contributed by atoms with Crippen LogP contribution in [0.25, 0.3) is 0 Å². The number of benzene rings is 1. The molecule has 5 heteroatoms. The topological polar surface area (TPSA) is 59.6 Å². The molecule has 1 fully saturated rings. The van der Waals surface area contributed by atoms with Gasteiger partial charge in [0.25, 0.3) is 0 Å². The van der Waals surface area contributed by atoms with E-state index >= 15 is 0 Å².